The minimum Gasteiger partial charge on any atom is -0.310 e. The Kier molecular flexibility index (Phi) is 3.88. The average Bonchev–Trinajstić information content (AvgIpc) is 3.22. The number of benzene rings is 1. The van der Waals surface area contributed by atoms with Crippen LogP contribution in [0, 0.1) is 6.92 Å². The first-order chi connectivity index (χ1) is 9.78. The van der Waals surface area contributed by atoms with E-state index in [0.717, 1.165) is 25.6 Å². The van der Waals surface area contributed by atoms with Crippen molar-refractivity contribution in [2.75, 3.05) is 0 Å². The summed E-state index contributed by atoms with van der Waals surface area (Å²) in [5.74, 6) is 0. The molecule has 1 N–H and O–H groups in total. The SMILES string of the molecule is CCCn1ncc(-c2cccc(CNC3CC3)c2)c1C. The predicted octanol–water partition coefficient (Wildman–Crippen LogP) is 3.52. The van der Waals surface area contributed by atoms with E-state index < -0.39 is 0 Å². The second-order valence-corrected chi connectivity index (χ2v) is 5.72. The number of aryl methyl sites for hydroxylation is 1. The zero-order valence-electron chi connectivity index (χ0n) is 12.4. The molecule has 0 saturated heterocycles. The molecule has 0 amide bonds. The minimum absolute atomic E-state index is 0.757. The Bertz CT molecular complexity index is 582. The predicted molar refractivity (Wildman–Crippen MR) is 82.6 cm³/mol. The molecule has 1 aliphatic rings. The van der Waals surface area contributed by atoms with Crippen molar-refractivity contribution in [3.63, 3.8) is 0 Å². The van der Waals surface area contributed by atoms with Gasteiger partial charge in [-0.3, -0.25) is 4.68 Å². The minimum atomic E-state index is 0.757. The van der Waals surface area contributed by atoms with Crippen molar-refractivity contribution in [2.45, 2.75) is 52.2 Å². The summed E-state index contributed by atoms with van der Waals surface area (Å²) >= 11 is 0. The third kappa shape index (κ3) is 2.93. The lowest BCUT2D eigenvalue weighted by atomic mass is 10.0. The van der Waals surface area contributed by atoms with Crippen LogP contribution in [-0.4, -0.2) is 15.8 Å². The second kappa shape index (κ2) is 5.80. The molecule has 3 heteroatoms. The van der Waals surface area contributed by atoms with E-state index in [1.807, 2.05) is 6.20 Å². The van der Waals surface area contributed by atoms with E-state index in [4.69, 9.17) is 0 Å². The molecule has 1 aromatic carbocycles. The summed E-state index contributed by atoms with van der Waals surface area (Å²) < 4.78 is 2.10. The third-order valence-electron chi connectivity index (χ3n) is 3.95. The number of hydrogen-bond donors (Lipinski definition) is 1. The molecule has 0 aliphatic heterocycles. The highest BCUT2D eigenvalue weighted by Gasteiger charge is 2.20. The number of nitrogens with zero attached hydrogens (tertiary/aromatic N) is 2. The Morgan fingerprint density at radius 1 is 1.35 bits per heavy atom. The normalized spacial score (nSPS) is 14.7. The molecule has 0 spiro atoms. The average molecular weight is 269 g/mol. The van der Waals surface area contributed by atoms with Gasteiger partial charge >= 0.3 is 0 Å². The van der Waals surface area contributed by atoms with Crippen LogP contribution in [0.1, 0.15) is 37.4 Å². The first kappa shape index (κ1) is 13.4. The Labute approximate surface area is 121 Å². The van der Waals surface area contributed by atoms with Gasteiger partial charge < -0.3 is 5.32 Å². The molecule has 1 saturated carbocycles. The van der Waals surface area contributed by atoms with Gasteiger partial charge in [0.2, 0.25) is 0 Å². The van der Waals surface area contributed by atoms with Crippen LogP contribution in [0.4, 0.5) is 0 Å². The zero-order valence-corrected chi connectivity index (χ0v) is 12.4. The van der Waals surface area contributed by atoms with Crippen molar-refractivity contribution >= 4 is 0 Å². The van der Waals surface area contributed by atoms with E-state index in [1.165, 1.54) is 35.2 Å². The summed E-state index contributed by atoms with van der Waals surface area (Å²) in [6, 6.07) is 9.57. The van der Waals surface area contributed by atoms with E-state index in [2.05, 4.69) is 53.2 Å². The Morgan fingerprint density at radius 3 is 2.95 bits per heavy atom. The fourth-order valence-corrected chi connectivity index (χ4v) is 2.57. The molecule has 0 bridgehead atoms. The van der Waals surface area contributed by atoms with E-state index in [9.17, 15) is 0 Å². The fraction of sp³-hybridized carbons (Fsp3) is 0.471. The van der Waals surface area contributed by atoms with Gasteiger partial charge in [-0.1, -0.05) is 25.1 Å². The number of aromatic nitrogens is 2. The summed E-state index contributed by atoms with van der Waals surface area (Å²) in [4.78, 5) is 0. The molecule has 20 heavy (non-hydrogen) atoms. The molecule has 106 valence electrons. The second-order valence-electron chi connectivity index (χ2n) is 5.72. The van der Waals surface area contributed by atoms with Crippen LogP contribution in [0.5, 0.6) is 0 Å². The van der Waals surface area contributed by atoms with Crippen molar-refractivity contribution < 1.29 is 0 Å². The Hall–Kier alpha value is -1.61. The first-order valence-corrected chi connectivity index (χ1v) is 7.63. The van der Waals surface area contributed by atoms with Crippen LogP contribution in [0.25, 0.3) is 11.1 Å². The standard InChI is InChI=1S/C17H23N3/c1-3-9-20-13(2)17(12-19-20)15-6-4-5-14(10-15)11-18-16-7-8-16/h4-6,10,12,16,18H,3,7-9,11H2,1-2H3. The number of nitrogens with one attached hydrogen (secondary N) is 1. The van der Waals surface area contributed by atoms with Gasteiger partial charge in [-0.2, -0.15) is 5.10 Å². The Morgan fingerprint density at radius 2 is 2.20 bits per heavy atom. The molecule has 3 rings (SSSR count). The summed E-state index contributed by atoms with van der Waals surface area (Å²) in [6.07, 6.45) is 5.79. The quantitative estimate of drug-likeness (QED) is 0.869. The molecule has 1 heterocycles. The van der Waals surface area contributed by atoms with Gasteiger partial charge in [0.25, 0.3) is 0 Å². The van der Waals surface area contributed by atoms with Gasteiger partial charge in [0.15, 0.2) is 0 Å². The summed E-state index contributed by atoms with van der Waals surface area (Å²) in [7, 11) is 0. The van der Waals surface area contributed by atoms with E-state index in [1.54, 1.807) is 0 Å². The maximum Gasteiger partial charge on any atom is 0.0571 e. The maximum atomic E-state index is 4.50. The summed E-state index contributed by atoms with van der Waals surface area (Å²) in [6.45, 7) is 6.31. The van der Waals surface area contributed by atoms with Crippen LogP contribution in [0.2, 0.25) is 0 Å². The van der Waals surface area contributed by atoms with Crippen molar-refractivity contribution in [2.24, 2.45) is 0 Å². The molecule has 2 aromatic rings. The molecular formula is C17H23N3. The van der Waals surface area contributed by atoms with E-state index in [-0.39, 0.29) is 0 Å². The van der Waals surface area contributed by atoms with Gasteiger partial charge in [0, 0.05) is 30.4 Å². The highest BCUT2D eigenvalue weighted by Crippen LogP contribution is 2.25. The lowest BCUT2D eigenvalue weighted by Crippen LogP contribution is -2.15. The fourth-order valence-electron chi connectivity index (χ4n) is 2.57. The van der Waals surface area contributed by atoms with Crippen LogP contribution in [0.15, 0.2) is 30.5 Å². The topological polar surface area (TPSA) is 29.9 Å². The van der Waals surface area contributed by atoms with Crippen molar-refractivity contribution in [1.29, 1.82) is 0 Å². The molecular weight excluding hydrogens is 246 g/mol. The molecule has 3 nitrogen and oxygen atoms in total. The summed E-state index contributed by atoms with van der Waals surface area (Å²) in [5, 5.41) is 8.07. The molecule has 1 aromatic heterocycles. The zero-order chi connectivity index (χ0) is 13.9. The lowest BCUT2D eigenvalue weighted by Gasteiger charge is -2.07. The summed E-state index contributed by atoms with van der Waals surface area (Å²) in [5.41, 5.74) is 5.16. The van der Waals surface area contributed by atoms with Gasteiger partial charge in [-0.05, 0) is 43.4 Å². The monoisotopic (exact) mass is 269 g/mol. The molecule has 0 radical (unpaired) electrons. The van der Waals surface area contributed by atoms with Crippen LogP contribution >= 0.6 is 0 Å². The van der Waals surface area contributed by atoms with Crippen LogP contribution in [0.3, 0.4) is 0 Å². The highest BCUT2D eigenvalue weighted by atomic mass is 15.3. The smallest absolute Gasteiger partial charge is 0.0571 e. The molecule has 1 aliphatic carbocycles. The van der Waals surface area contributed by atoms with Gasteiger partial charge in [0.05, 0.1) is 6.20 Å². The van der Waals surface area contributed by atoms with E-state index >= 15 is 0 Å². The number of rotatable bonds is 6. The first-order valence-electron chi connectivity index (χ1n) is 7.63. The lowest BCUT2D eigenvalue weighted by molar-refractivity contribution is 0.587. The van der Waals surface area contributed by atoms with Gasteiger partial charge in [-0.15, -0.1) is 0 Å². The van der Waals surface area contributed by atoms with Crippen molar-refractivity contribution in [3.05, 3.63) is 41.7 Å². The number of hydrogen-bond acceptors (Lipinski definition) is 2. The van der Waals surface area contributed by atoms with Crippen molar-refractivity contribution in [3.8, 4) is 11.1 Å². The van der Waals surface area contributed by atoms with Gasteiger partial charge in [-0.25, -0.2) is 0 Å². The molecule has 0 unspecified atom stereocenters. The molecule has 0 atom stereocenters. The largest absolute Gasteiger partial charge is 0.310 e. The maximum absolute atomic E-state index is 4.50. The van der Waals surface area contributed by atoms with E-state index in [0.29, 0.717) is 0 Å². The van der Waals surface area contributed by atoms with Crippen molar-refractivity contribution in [1.82, 2.24) is 15.1 Å². The molecule has 1 fully saturated rings. The Balaban J connectivity index is 1.79. The van der Waals surface area contributed by atoms with Gasteiger partial charge in [0.1, 0.15) is 0 Å². The highest BCUT2D eigenvalue weighted by molar-refractivity contribution is 5.65. The van der Waals surface area contributed by atoms with Crippen LogP contribution in [-0.2, 0) is 13.1 Å². The third-order valence-corrected chi connectivity index (χ3v) is 3.95. The van der Waals surface area contributed by atoms with Crippen LogP contribution < -0.4 is 5.32 Å².